The van der Waals surface area contributed by atoms with Crippen molar-refractivity contribution in [2.75, 3.05) is 5.88 Å². The molecule has 3 rings (SSSR count). The summed E-state index contributed by atoms with van der Waals surface area (Å²) in [4.78, 5) is 4.73. The largest absolute Gasteiger partial charge is 0.296 e. The van der Waals surface area contributed by atoms with Crippen LogP contribution in [0, 0.1) is 0 Å². The number of nitrogens with zero attached hydrogens (tertiary/aromatic N) is 2. The normalized spacial score (nSPS) is 11.2. The molecule has 0 bridgehead atoms. The fourth-order valence-electron chi connectivity index (χ4n) is 2.55. The molecule has 0 radical (unpaired) electrons. The molecule has 0 saturated heterocycles. The molecule has 0 fully saturated rings. The highest BCUT2D eigenvalue weighted by Gasteiger charge is 2.12. The van der Waals surface area contributed by atoms with Crippen molar-refractivity contribution in [2.45, 2.75) is 19.8 Å². The van der Waals surface area contributed by atoms with E-state index in [9.17, 15) is 0 Å². The van der Waals surface area contributed by atoms with Gasteiger partial charge in [0.05, 0.1) is 11.0 Å². The number of halogens is 2. The molecule has 0 unspecified atom stereocenters. The average molecular weight is 364 g/mol. The molecule has 0 amide bonds. The van der Waals surface area contributed by atoms with Crippen LogP contribution in [0.25, 0.3) is 16.7 Å². The van der Waals surface area contributed by atoms with Crippen LogP contribution in [0.2, 0.25) is 0 Å². The maximum atomic E-state index is 5.95. The summed E-state index contributed by atoms with van der Waals surface area (Å²) in [6, 6.07) is 14.8. The third-order valence-electron chi connectivity index (χ3n) is 3.58. The van der Waals surface area contributed by atoms with E-state index in [1.807, 2.05) is 12.1 Å². The van der Waals surface area contributed by atoms with Crippen LogP contribution >= 0.6 is 27.5 Å². The molecule has 21 heavy (non-hydrogen) atoms. The van der Waals surface area contributed by atoms with Crippen molar-refractivity contribution in [1.29, 1.82) is 0 Å². The molecule has 0 aliphatic rings. The third kappa shape index (κ3) is 2.85. The molecule has 1 heterocycles. The van der Waals surface area contributed by atoms with E-state index in [0.717, 1.165) is 39.9 Å². The molecule has 0 spiro atoms. The Kier molecular flexibility index (Phi) is 4.32. The van der Waals surface area contributed by atoms with Crippen molar-refractivity contribution in [3.8, 4) is 5.69 Å². The van der Waals surface area contributed by atoms with Gasteiger partial charge in [0.1, 0.15) is 5.82 Å². The van der Waals surface area contributed by atoms with Gasteiger partial charge in [-0.2, -0.15) is 0 Å². The van der Waals surface area contributed by atoms with Gasteiger partial charge < -0.3 is 0 Å². The third-order valence-corrected chi connectivity index (χ3v) is 4.26. The van der Waals surface area contributed by atoms with Gasteiger partial charge in [0.15, 0.2) is 0 Å². The van der Waals surface area contributed by atoms with Gasteiger partial charge in [-0.15, -0.1) is 11.6 Å². The number of alkyl halides is 1. The second-order valence-electron chi connectivity index (χ2n) is 4.96. The van der Waals surface area contributed by atoms with Gasteiger partial charge in [0, 0.05) is 22.5 Å². The van der Waals surface area contributed by atoms with Crippen LogP contribution in [0.3, 0.4) is 0 Å². The first kappa shape index (κ1) is 14.6. The molecule has 4 heteroatoms. The Labute approximate surface area is 137 Å². The fraction of sp³-hybridized carbons (Fsp3) is 0.235. The number of hydrogen-bond donors (Lipinski definition) is 0. The summed E-state index contributed by atoms with van der Waals surface area (Å²) in [7, 11) is 0. The number of rotatable bonds is 4. The van der Waals surface area contributed by atoms with Crippen molar-refractivity contribution in [1.82, 2.24) is 9.55 Å². The van der Waals surface area contributed by atoms with Crippen LogP contribution in [0.4, 0.5) is 0 Å². The van der Waals surface area contributed by atoms with Gasteiger partial charge in [0.25, 0.3) is 0 Å². The molecule has 0 N–H and O–H groups in total. The molecular formula is C17H16BrClN2. The Hall–Kier alpha value is -1.32. The number of hydrogen-bond acceptors (Lipinski definition) is 1. The molecule has 2 nitrogen and oxygen atoms in total. The van der Waals surface area contributed by atoms with E-state index in [1.165, 1.54) is 5.56 Å². The lowest BCUT2D eigenvalue weighted by Gasteiger charge is -2.10. The van der Waals surface area contributed by atoms with E-state index >= 15 is 0 Å². The summed E-state index contributed by atoms with van der Waals surface area (Å²) in [5, 5.41) is 0. The lowest BCUT2D eigenvalue weighted by atomic mass is 10.1. The Balaban J connectivity index is 2.26. The smallest absolute Gasteiger partial charge is 0.115 e. The first-order valence-electron chi connectivity index (χ1n) is 7.05. The van der Waals surface area contributed by atoms with Crippen LogP contribution < -0.4 is 0 Å². The Morgan fingerprint density at radius 3 is 2.81 bits per heavy atom. The number of benzene rings is 2. The highest BCUT2D eigenvalue weighted by atomic mass is 79.9. The van der Waals surface area contributed by atoms with Crippen LogP contribution in [-0.2, 0) is 12.8 Å². The number of imidazole rings is 1. The molecule has 0 aliphatic carbocycles. The minimum Gasteiger partial charge on any atom is -0.296 e. The quantitative estimate of drug-likeness (QED) is 0.587. The van der Waals surface area contributed by atoms with E-state index in [1.54, 1.807) is 0 Å². The standard InChI is InChI=1S/C17H16BrClN2/c1-2-12-4-3-5-14(10-12)21-16-11-13(18)6-7-15(16)20-17(21)8-9-19/h3-7,10-11H,2,8-9H2,1H3. The molecule has 108 valence electrons. The van der Waals surface area contributed by atoms with Gasteiger partial charge in [-0.1, -0.05) is 35.0 Å². The summed E-state index contributed by atoms with van der Waals surface area (Å²) >= 11 is 9.50. The van der Waals surface area contributed by atoms with Gasteiger partial charge in [0.2, 0.25) is 0 Å². The molecule has 0 saturated carbocycles. The average Bonchev–Trinajstić information content (AvgIpc) is 2.85. The van der Waals surface area contributed by atoms with Gasteiger partial charge in [-0.25, -0.2) is 4.98 Å². The summed E-state index contributed by atoms with van der Waals surface area (Å²) in [6.45, 7) is 2.17. The highest BCUT2D eigenvalue weighted by molar-refractivity contribution is 9.10. The summed E-state index contributed by atoms with van der Waals surface area (Å²) in [5.74, 6) is 1.57. The second-order valence-corrected chi connectivity index (χ2v) is 6.25. The zero-order valence-corrected chi connectivity index (χ0v) is 14.2. The second kappa shape index (κ2) is 6.20. The van der Waals surface area contributed by atoms with Crippen molar-refractivity contribution >= 4 is 38.6 Å². The van der Waals surface area contributed by atoms with E-state index in [-0.39, 0.29) is 0 Å². The summed E-state index contributed by atoms with van der Waals surface area (Å²) in [6.07, 6.45) is 1.78. The van der Waals surface area contributed by atoms with E-state index in [4.69, 9.17) is 16.6 Å². The fourth-order valence-corrected chi connectivity index (χ4v) is 3.07. The van der Waals surface area contributed by atoms with Crippen LogP contribution in [0.1, 0.15) is 18.3 Å². The molecular weight excluding hydrogens is 348 g/mol. The van der Waals surface area contributed by atoms with Crippen LogP contribution in [-0.4, -0.2) is 15.4 Å². The van der Waals surface area contributed by atoms with Gasteiger partial charge >= 0.3 is 0 Å². The predicted molar refractivity (Wildman–Crippen MR) is 92.6 cm³/mol. The van der Waals surface area contributed by atoms with Crippen LogP contribution in [0.15, 0.2) is 46.9 Å². The minimum absolute atomic E-state index is 0.567. The molecule has 0 aliphatic heterocycles. The zero-order chi connectivity index (χ0) is 14.8. The van der Waals surface area contributed by atoms with E-state index in [0.29, 0.717) is 5.88 Å². The maximum absolute atomic E-state index is 5.95. The van der Waals surface area contributed by atoms with Crippen molar-refractivity contribution in [3.05, 3.63) is 58.3 Å². The molecule has 2 aromatic carbocycles. The SMILES string of the molecule is CCc1cccc(-n2c(CCCl)nc3ccc(Br)cc32)c1. The first-order valence-corrected chi connectivity index (χ1v) is 8.38. The van der Waals surface area contributed by atoms with Gasteiger partial charge in [-0.05, 0) is 42.3 Å². The monoisotopic (exact) mass is 362 g/mol. The molecule has 3 aromatic rings. The van der Waals surface area contributed by atoms with E-state index in [2.05, 4.69) is 57.8 Å². The van der Waals surface area contributed by atoms with Gasteiger partial charge in [-0.3, -0.25) is 4.57 Å². The molecule has 0 atom stereocenters. The van der Waals surface area contributed by atoms with Crippen molar-refractivity contribution in [3.63, 3.8) is 0 Å². The topological polar surface area (TPSA) is 17.8 Å². The lowest BCUT2D eigenvalue weighted by Crippen LogP contribution is -2.02. The predicted octanol–water partition coefficient (Wildman–Crippen LogP) is 5.13. The minimum atomic E-state index is 0.567. The van der Waals surface area contributed by atoms with Crippen molar-refractivity contribution in [2.24, 2.45) is 0 Å². The Morgan fingerprint density at radius 1 is 1.19 bits per heavy atom. The van der Waals surface area contributed by atoms with Crippen LogP contribution in [0.5, 0.6) is 0 Å². The molecule has 1 aromatic heterocycles. The summed E-state index contributed by atoms with van der Waals surface area (Å²) < 4.78 is 3.27. The number of fused-ring (bicyclic) bond motifs is 1. The first-order chi connectivity index (χ1) is 10.2. The number of aryl methyl sites for hydroxylation is 2. The number of aromatic nitrogens is 2. The Bertz CT molecular complexity index is 780. The lowest BCUT2D eigenvalue weighted by molar-refractivity contribution is 0.909. The van der Waals surface area contributed by atoms with Crippen molar-refractivity contribution < 1.29 is 0 Å². The zero-order valence-electron chi connectivity index (χ0n) is 11.8. The highest BCUT2D eigenvalue weighted by Crippen LogP contribution is 2.25. The Morgan fingerprint density at radius 2 is 2.05 bits per heavy atom. The van der Waals surface area contributed by atoms with E-state index < -0.39 is 0 Å². The maximum Gasteiger partial charge on any atom is 0.115 e. The summed E-state index contributed by atoms with van der Waals surface area (Å²) in [5.41, 5.74) is 4.58.